The van der Waals surface area contributed by atoms with Gasteiger partial charge in [-0.3, -0.25) is 14.4 Å². The topological polar surface area (TPSA) is 107 Å². The van der Waals surface area contributed by atoms with Gasteiger partial charge in [-0.05, 0) is 43.3 Å². The van der Waals surface area contributed by atoms with Gasteiger partial charge in [0.05, 0.1) is 11.3 Å². The summed E-state index contributed by atoms with van der Waals surface area (Å²) >= 11 is 0. The Balaban J connectivity index is 1.82. The maximum atomic E-state index is 12.8. The summed E-state index contributed by atoms with van der Waals surface area (Å²) in [7, 11) is -3.90. The highest BCUT2D eigenvalue weighted by molar-refractivity contribution is 7.89. The lowest BCUT2D eigenvalue weighted by molar-refractivity contribution is -0.142. The van der Waals surface area contributed by atoms with Gasteiger partial charge < -0.3 is 4.74 Å². The first-order chi connectivity index (χ1) is 13.2. The van der Waals surface area contributed by atoms with Crippen molar-refractivity contribution in [2.75, 3.05) is 13.2 Å². The van der Waals surface area contributed by atoms with Gasteiger partial charge in [-0.1, -0.05) is 12.1 Å². The van der Waals surface area contributed by atoms with Crippen molar-refractivity contribution in [2.45, 2.75) is 18.2 Å². The number of hydrogen-bond donors (Lipinski definition) is 1. The second-order valence-corrected chi connectivity index (χ2v) is 7.59. The fourth-order valence-electron chi connectivity index (χ4n) is 2.19. The molecule has 0 radical (unpaired) electrons. The van der Waals surface area contributed by atoms with Gasteiger partial charge in [-0.25, -0.2) is 17.5 Å². The largest absolute Gasteiger partial charge is 0.457 e. The molecule has 2 rings (SSSR count). The van der Waals surface area contributed by atoms with Crippen LogP contribution in [0.25, 0.3) is 0 Å². The molecule has 0 aliphatic rings. The molecule has 7 nitrogen and oxygen atoms in total. The van der Waals surface area contributed by atoms with E-state index in [1.807, 2.05) is 0 Å². The zero-order valence-electron chi connectivity index (χ0n) is 15.0. The van der Waals surface area contributed by atoms with Gasteiger partial charge in [0.25, 0.3) is 0 Å². The Morgan fingerprint density at radius 3 is 2.36 bits per heavy atom. The van der Waals surface area contributed by atoms with Crippen LogP contribution in [0.3, 0.4) is 0 Å². The molecule has 0 spiro atoms. The number of benzene rings is 2. The molecule has 28 heavy (non-hydrogen) atoms. The molecular formula is C19H18FNO6S. The number of esters is 1. The van der Waals surface area contributed by atoms with E-state index in [2.05, 4.69) is 4.72 Å². The minimum atomic E-state index is -3.90. The third kappa shape index (κ3) is 6.07. The highest BCUT2D eigenvalue weighted by atomic mass is 32.2. The molecule has 0 fully saturated rings. The van der Waals surface area contributed by atoms with Crippen LogP contribution in [0.5, 0.6) is 0 Å². The van der Waals surface area contributed by atoms with Crippen molar-refractivity contribution in [1.29, 1.82) is 0 Å². The van der Waals surface area contributed by atoms with E-state index >= 15 is 0 Å². The zero-order valence-corrected chi connectivity index (χ0v) is 15.8. The van der Waals surface area contributed by atoms with Crippen LogP contribution in [0, 0.1) is 5.82 Å². The van der Waals surface area contributed by atoms with Crippen LogP contribution in [0.15, 0.2) is 53.4 Å². The standard InChI is InChI=1S/C19H18FNO6S/c1-13(22)15-3-2-4-17(11-15)28(25,26)21-10-9-19(24)27-12-18(23)14-5-7-16(20)8-6-14/h2-8,11,21H,9-10,12H2,1H3. The van der Waals surface area contributed by atoms with Crippen molar-refractivity contribution in [3.05, 3.63) is 65.5 Å². The summed E-state index contributed by atoms with van der Waals surface area (Å²) in [5, 5.41) is 0. The number of nitrogens with one attached hydrogen (secondary N) is 1. The average molecular weight is 407 g/mol. The second-order valence-electron chi connectivity index (χ2n) is 5.82. The van der Waals surface area contributed by atoms with Crippen LogP contribution in [0.1, 0.15) is 34.1 Å². The number of rotatable bonds is 9. The number of ether oxygens (including phenoxy) is 1. The van der Waals surface area contributed by atoms with Crippen LogP contribution in [0.2, 0.25) is 0 Å². The number of sulfonamides is 1. The van der Waals surface area contributed by atoms with Gasteiger partial charge in [0.1, 0.15) is 5.82 Å². The predicted molar refractivity (Wildman–Crippen MR) is 97.9 cm³/mol. The summed E-state index contributed by atoms with van der Waals surface area (Å²) in [5.74, 6) is -2.04. The SMILES string of the molecule is CC(=O)c1cccc(S(=O)(=O)NCCC(=O)OCC(=O)c2ccc(F)cc2)c1. The Labute approximate surface area is 161 Å². The molecule has 0 amide bonds. The van der Waals surface area contributed by atoms with Gasteiger partial charge in [0.15, 0.2) is 18.2 Å². The highest BCUT2D eigenvalue weighted by Crippen LogP contribution is 2.12. The number of Topliss-reactive ketones (excluding diaryl/α,β-unsaturated/α-hetero) is 2. The Bertz CT molecular complexity index is 986. The number of carbonyl (C=O) groups is 3. The van der Waals surface area contributed by atoms with E-state index in [0.29, 0.717) is 0 Å². The van der Waals surface area contributed by atoms with E-state index in [-0.39, 0.29) is 34.8 Å². The average Bonchev–Trinajstić information content (AvgIpc) is 2.66. The fourth-order valence-corrected chi connectivity index (χ4v) is 3.27. The highest BCUT2D eigenvalue weighted by Gasteiger charge is 2.16. The second kappa shape index (κ2) is 9.34. The normalized spacial score (nSPS) is 11.1. The maximum Gasteiger partial charge on any atom is 0.307 e. The van der Waals surface area contributed by atoms with E-state index in [4.69, 9.17) is 4.74 Å². The molecule has 0 saturated carbocycles. The van der Waals surface area contributed by atoms with Gasteiger partial charge >= 0.3 is 5.97 Å². The third-order valence-corrected chi connectivity index (χ3v) is 5.16. The first-order valence-corrected chi connectivity index (χ1v) is 9.72. The van der Waals surface area contributed by atoms with E-state index in [1.165, 1.54) is 43.3 Å². The van der Waals surface area contributed by atoms with E-state index < -0.39 is 34.2 Å². The first-order valence-electron chi connectivity index (χ1n) is 8.24. The van der Waals surface area contributed by atoms with Crippen LogP contribution < -0.4 is 4.72 Å². The quantitative estimate of drug-likeness (QED) is 0.504. The van der Waals surface area contributed by atoms with Gasteiger partial charge in [-0.15, -0.1) is 0 Å². The van der Waals surface area contributed by atoms with Crippen LogP contribution in [0.4, 0.5) is 4.39 Å². The molecule has 1 N–H and O–H groups in total. The molecule has 0 bridgehead atoms. The van der Waals surface area contributed by atoms with Crippen molar-refractivity contribution < 1.29 is 31.9 Å². The molecule has 0 aliphatic carbocycles. The maximum absolute atomic E-state index is 12.8. The minimum Gasteiger partial charge on any atom is -0.457 e. The van der Waals surface area contributed by atoms with E-state index in [0.717, 1.165) is 12.1 Å². The van der Waals surface area contributed by atoms with Crippen LogP contribution in [-0.2, 0) is 19.6 Å². The molecule has 2 aromatic rings. The molecule has 0 atom stereocenters. The van der Waals surface area contributed by atoms with E-state index in [9.17, 15) is 27.2 Å². The van der Waals surface area contributed by atoms with Crippen molar-refractivity contribution in [3.63, 3.8) is 0 Å². The molecule has 0 saturated heterocycles. The Morgan fingerprint density at radius 1 is 1.04 bits per heavy atom. The van der Waals surface area contributed by atoms with E-state index in [1.54, 1.807) is 0 Å². The lowest BCUT2D eigenvalue weighted by atomic mass is 10.1. The predicted octanol–water partition coefficient (Wildman–Crippen LogP) is 2.12. The van der Waals surface area contributed by atoms with Crippen molar-refractivity contribution in [1.82, 2.24) is 4.72 Å². The molecule has 148 valence electrons. The molecule has 0 aromatic heterocycles. The summed E-state index contributed by atoms with van der Waals surface area (Å²) in [5.41, 5.74) is 0.446. The summed E-state index contributed by atoms with van der Waals surface area (Å²) in [6, 6.07) is 10.3. The molecule has 9 heteroatoms. The smallest absolute Gasteiger partial charge is 0.307 e. The summed E-state index contributed by atoms with van der Waals surface area (Å²) in [4.78, 5) is 34.8. The summed E-state index contributed by atoms with van der Waals surface area (Å²) in [6.07, 6.45) is -0.289. The summed E-state index contributed by atoms with van der Waals surface area (Å²) in [6.45, 7) is 0.552. The lowest BCUT2D eigenvalue weighted by Crippen LogP contribution is -2.27. The van der Waals surface area contributed by atoms with Crippen molar-refractivity contribution >= 4 is 27.6 Å². The number of halogens is 1. The van der Waals surface area contributed by atoms with Gasteiger partial charge in [0.2, 0.25) is 10.0 Å². The monoisotopic (exact) mass is 407 g/mol. The van der Waals surface area contributed by atoms with Crippen LogP contribution in [-0.4, -0.2) is 39.1 Å². The number of hydrogen-bond acceptors (Lipinski definition) is 6. The number of ketones is 2. The minimum absolute atomic E-state index is 0.0972. The van der Waals surface area contributed by atoms with Gasteiger partial charge in [-0.2, -0.15) is 0 Å². The molecule has 0 unspecified atom stereocenters. The van der Waals surface area contributed by atoms with Crippen molar-refractivity contribution in [3.8, 4) is 0 Å². The molecule has 0 heterocycles. The Hall–Kier alpha value is -2.91. The Morgan fingerprint density at radius 2 is 1.71 bits per heavy atom. The molecular weight excluding hydrogens is 389 g/mol. The Kier molecular flexibility index (Phi) is 7.13. The van der Waals surface area contributed by atoms with Crippen LogP contribution >= 0.6 is 0 Å². The number of carbonyl (C=O) groups excluding carboxylic acids is 3. The fraction of sp³-hybridized carbons (Fsp3) is 0.211. The zero-order chi connectivity index (χ0) is 20.7. The van der Waals surface area contributed by atoms with Gasteiger partial charge in [0, 0.05) is 17.7 Å². The molecule has 0 aliphatic heterocycles. The lowest BCUT2D eigenvalue weighted by Gasteiger charge is -2.08. The summed E-state index contributed by atoms with van der Waals surface area (Å²) < 4.78 is 44.3. The third-order valence-electron chi connectivity index (χ3n) is 3.70. The first kappa shape index (κ1) is 21.4. The molecule has 2 aromatic carbocycles. The van der Waals surface area contributed by atoms with Crippen molar-refractivity contribution in [2.24, 2.45) is 0 Å².